The molecule has 1 aliphatic rings. The summed E-state index contributed by atoms with van der Waals surface area (Å²) in [4.78, 5) is 16.6. The quantitative estimate of drug-likeness (QED) is 0.869. The van der Waals surface area contributed by atoms with Crippen LogP contribution in [0.5, 0.6) is 0 Å². The van der Waals surface area contributed by atoms with Gasteiger partial charge in [0.1, 0.15) is 5.76 Å². The molecule has 0 aromatic carbocycles. The maximum Gasteiger partial charge on any atom is 0.254 e. The third-order valence-corrected chi connectivity index (χ3v) is 4.54. The van der Waals surface area contributed by atoms with Crippen LogP contribution in [0.15, 0.2) is 33.4 Å². The van der Waals surface area contributed by atoms with Crippen LogP contribution in [-0.2, 0) is 6.54 Å². The number of carbonyl (C=O) groups excluding carboxylic acids is 1. The zero-order chi connectivity index (χ0) is 14.7. The first-order valence-corrected chi connectivity index (χ1v) is 8.32. The number of carbonyl (C=O) groups is 1. The lowest BCUT2D eigenvalue weighted by molar-refractivity contribution is 0.0761. The first-order chi connectivity index (χ1) is 10.2. The molecule has 3 rings (SSSR count). The van der Waals surface area contributed by atoms with Gasteiger partial charge < -0.3 is 9.32 Å². The summed E-state index contributed by atoms with van der Waals surface area (Å²) < 4.78 is 5.40. The molecular formula is C15H17ClN2O2S. The molecular weight excluding hydrogens is 308 g/mol. The van der Waals surface area contributed by atoms with Gasteiger partial charge in [-0.2, -0.15) is 11.3 Å². The molecule has 2 aromatic rings. The van der Waals surface area contributed by atoms with Gasteiger partial charge >= 0.3 is 0 Å². The number of hydrogen-bond acceptors (Lipinski definition) is 4. The van der Waals surface area contributed by atoms with Gasteiger partial charge in [-0.15, -0.1) is 0 Å². The highest BCUT2D eigenvalue weighted by Crippen LogP contribution is 2.17. The average Bonchev–Trinajstić information content (AvgIpc) is 3.08. The molecule has 21 heavy (non-hydrogen) atoms. The third kappa shape index (κ3) is 3.67. The van der Waals surface area contributed by atoms with Gasteiger partial charge in [-0.25, -0.2) is 0 Å². The van der Waals surface area contributed by atoms with E-state index in [0.29, 0.717) is 5.22 Å². The third-order valence-electron chi connectivity index (χ3n) is 3.65. The fourth-order valence-electron chi connectivity index (χ4n) is 2.56. The SMILES string of the molecule is O=C(c1ccsc1)N1CCCN(Cc2ccc(Cl)o2)CC1. The second-order valence-electron chi connectivity index (χ2n) is 5.14. The van der Waals surface area contributed by atoms with Crippen LogP contribution in [0.25, 0.3) is 0 Å². The number of rotatable bonds is 3. The van der Waals surface area contributed by atoms with Crippen molar-refractivity contribution in [3.8, 4) is 0 Å². The molecule has 112 valence electrons. The predicted octanol–water partition coefficient (Wildman–Crippen LogP) is 3.34. The van der Waals surface area contributed by atoms with Gasteiger partial charge in [-0.1, -0.05) is 0 Å². The molecule has 0 aliphatic carbocycles. The Morgan fingerprint density at radius 2 is 2.14 bits per heavy atom. The molecule has 0 saturated carbocycles. The summed E-state index contributed by atoms with van der Waals surface area (Å²) in [6.45, 7) is 4.13. The lowest BCUT2D eigenvalue weighted by atomic mass is 10.3. The molecule has 0 unspecified atom stereocenters. The molecule has 6 heteroatoms. The molecule has 1 amide bonds. The van der Waals surface area contributed by atoms with Crippen molar-refractivity contribution < 1.29 is 9.21 Å². The van der Waals surface area contributed by atoms with Crippen LogP contribution >= 0.6 is 22.9 Å². The average molecular weight is 325 g/mol. The van der Waals surface area contributed by atoms with Crippen molar-refractivity contribution in [2.45, 2.75) is 13.0 Å². The Kier molecular flexibility index (Phi) is 4.63. The van der Waals surface area contributed by atoms with Crippen molar-refractivity contribution in [1.82, 2.24) is 9.80 Å². The number of thiophene rings is 1. The van der Waals surface area contributed by atoms with E-state index in [4.69, 9.17) is 16.0 Å². The largest absolute Gasteiger partial charge is 0.448 e. The van der Waals surface area contributed by atoms with Crippen LogP contribution in [0.3, 0.4) is 0 Å². The van der Waals surface area contributed by atoms with Crippen molar-refractivity contribution in [1.29, 1.82) is 0 Å². The minimum absolute atomic E-state index is 0.138. The second-order valence-corrected chi connectivity index (χ2v) is 6.29. The van der Waals surface area contributed by atoms with E-state index in [2.05, 4.69) is 4.90 Å². The van der Waals surface area contributed by atoms with E-state index in [-0.39, 0.29) is 5.91 Å². The molecule has 1 fully saturated rings. The minimum Gasteiger partial charge on any atom is -0.448 e. The Balaban J connectivity index is 1.58. The molecule has 0 atom stereocenters. The first kappa shape index (κ1) is 14.6. The summed E-state index contributed by atoms with van der Waals surface area (Å²) in [5, 5.41) is 4.28. The Morgan fingerprint density at radius 3 is 2.86 bits per heavy atom. The number of nitrogens with zero attached hydrogens (tertiary/aromatic N) is 2. The van der Waals surface area contributed by atoms with Crippen molar-refractivity contribution in [3.63, 3.8) is 0 Å². The maximum atomic E-state index is 12.4. The van der Waals surface area contributed by atoms with Gasteiger partial charge in [0, 0.05) is 31.6 Å². The maximum absolute atomic E-state index is 12.4. The highest BCUT2D eigenvalue weighted by Gasteiger charge is 2.21. The lowest BCUT2D eigenvalue weighted by Crippen LogP contribution is -2.34. The highest BCUT2D eigenvalue weighted by atomic mass is 35.5. The zero-order valence-electron chi connectivity index (χ0n) is 11.6. The first-order valence-electron chi connectivity index (χ1n) is 7.00. The molecule has 0 radical (unpaired) electrons. The Hall–Kier alpha value is -1.30. The van der Waals surface area contributed by atoms with Crippen LogP contribution in [0.1, 0.15) is 22.5 Å². The van der Waals surface area contributed by atoms with E-state index in [0.717, 1.165) is 50.5 Å². The van der Waals surface area contributed by atoms with E-state index in [9.17, 15) is 4.79 Å². The van der Waals surface area contributed by atoms with Crippen LogP contribution in [0.2, 0.25) is 5.22 Å². The monoisotopic (exact) mass is 324 g/mol. The zero-order valence-corrected chi connectivity index (χ0v) is 13.2. The summed E-state index contributed by atoms with van der Waals surface area (Å²) >= 11 is 7.35. The molecule has 2 aromatic heterocycles. The Morgan fingerprint density at radius 1 is 1.24 bits per heavy atom. The summed E-state index contributed by atoms with van der Waals surface area (Å²) in [7, 11) is 0. The van der Waals surface area contributed by atoms with E-state index in [1.165, 1.54) is 0 Å². The van der Waals surface area contributed by atoms with E-state index < -0.39 is 0 Å². The Bertz CT molecular complexity index is 597. The van der Waals surface area contributed by atoms with Gasteiger partial charge in [-0.05, 0) is 41.6 Å². The molecule has 3 heterocycles. The van der Waals surface area contributed by atoms with Crippen LogP contribution in [0, 0.1) is 0 Å². The van der Waals surface area contributed by atoms with Crippen molar-refractivity contribution in [2.75, 3.05) is 26.2 Å². The molecule has 0 spiro atoms. The van der Waals surface area contributed by atoms with Crippen molar-refractivity contribution in [2.24, 2.45) is 0 Å². The van der Waals surface area contributed by atoms with Crippen LogP contribution < -0.4 is 0 Å². The summed E-state index contributed by atoms with van der Waals surface area (Å²) in [6.07, 6.45) is 0.977. The van der Waals surface area contributed by atoms with E-state index in [1.807, 2.05) is 27.8 Å². The number of halogens is 1. The van der Waals surface area contributed by atoms with Gasteiger partial charge in [0.15, 0.2) is 5.22 Å². The topological polar surface area (TPSA) is 36.7 Å². The van der Waals surface area contributed by atoms with E-state index in [1.54, 1.807) is 17.4 Å². The number of amides is 1. The van der Waals surface area contributed by atoms with Crippen molar-refractivity contribution in [3.05, 3.63) is 45.5 Å². The van der Waals surface area contributed by atoms with Gasteiger partial charge in [0.05, 0.1) is 12.1 Å². The van der Waals surface area contributed by atoms with Crippen molar-refractivity contribution >= 4 is 28.8 Å². The highest BCUT2D eigenvalue weighted by molar-refractivity contribution is 7.08. The van der Waals surface area contributed by atoms with Gasteiger partial charge in [0.25, 0.3) is 5.91 Å². The second kappa shape index (κ2) is 6.64. The molecule has 4 nitrogen and oxygen atoms in total. The summed E-state index contributed by atoms with van der Waals surface area (Å²) in [5.41, 5.74) is 0.797. The summed E-state index contributed by atoms with van der Waals surface area (Å²) in [6, 6.07) is 5.56. The standard InChI is InChI=1S/C15H17ClN2O2S/c16-14-3-2-13(20-14)10-17-5-1-6-18(8-7-17)15(19)12-4-9-21-11-12/h2-4,9,11H,1,5-8,10H2. The smallest absolute Gasteiger partial charge is 0.254 e. The minimum atomic E-state index is 0.138. The van der Waals surface area contributed by atoms with Crippen LogP contribution in [0.4, 0.5) is 0 Å². The lowest BCUT2D eigenvalue weighted by Gasteiger charge is -2.21. The van der Waals surface area contributed by atoms with Gasteiger partial charge in [0.2, 0.25) is 0 Å². The summed E-state index contributed by atoms with van der Waals surface area (Å²) in [5.74, 6) is 1.01. The molecule has 0 N–H and O–H groups in total. The molecule has 1 saturated heterocycles. The fourth-order valence-corrected chi connectivity index (χ4v) is 3.35. The molecule has 0 bridgehead atoms. The number of furan rings is 1. The Labute approximate surface area is 132 Å². The van der Waals surface area contributed by atoms with E-state index >= 15 is 0 Å². The normalized spacial score (nSPS) is 16.9. The predicted molar refractivity (Wildman–Crippen MR) is 83.8 cm³/mol. The fraction of sp³-hybridized carbons (Fsp3) is 0.400. The number of hydrogen-bond donors (Lipinski definition) is 0. The molecule has 1 aliphatic heterocycles. The van der Waals surface area contributed by atoms with Gasteiger partial charge in [-0.3, -0.25) is 9.69 Å². The van der Waals surface area contributed by atoms with Crippen LogP contribution in [-0.4, -0.2) is 41.9 Å².